The fourth-order valence-corrected chi connectivity index (χ4v) is 3.34. The van der Waals surface area contributed by atoms with E-state index in [4.69, 9.17) is 0 Å². The van der Waals surface area contributed by atoms with Crippen LogP contribution >= 0.6 is 0 Å². The zero-order valence-corrected chi connectivity index (χ0v) is 15.3. The van der Waals surface area contributed by atoms with Crippen LogP contribution < -0.4 is 5.32 Å². The summed E-state index contributed by atoms with van der Waals surface area (Å²) in [6.07, 6.45) is 4.51. The molecule has 2 aromatic rings. The Kier molecular flexibility index (Phi) is 5.65. The molecule has 0 aliphatic carbocycles. The molecule has 1 N–H and O–H groups in total. The Morgan fingerprint density at radius 3 is 2.65 bits per heavy atom. The lowest BCUT2D eigenvalue weighted by Crippen LogP contribution is -2.45. The van der Waals surface area contributed by atoms with E-state index in [9.17, 15) is 9.59 Å². The van der Waals surface area contributed by atoms with E-state index in [-0.39, 0.29) is 23.8 Å². The summed E-state index contributed by atoms with van der Waals surface area (Å²) in [5, 5.41) is 7.09. The number of amides is 2. The Hall–Kier alpha value is -2.70. The third-order valence-corrected chi connectivity index (χ3v) is 4.84. The molecule has 3 rings (SSSR count). The van der Waals surface area contributed by atoms with E-state index in [2.05, 4.69) is 15.4 Å². The van der Waals surface area contributed by atoms with Gasteiger partial charge in [-0.2, -0.15) is 5.10 Å². The number of rotatable bonds is 5. The molecule has 0 radical (unpaired) electrons. The van der Waals surface area contributed by atoms with Crippen LogP contribution in [0.1, 0.15) is 35.7 Å². The fourth-order valence-electron chi connectivity index (χ4n) is 3.34. The molecule has 0 bridgehead atoms. The van der Waals surface area contributed by atoms with Crippen molar-refractivity contribution in [1.29, 1.82) is 0 Å². The van der Waals surface area contributed by atoms with Crippen LogP contribution in [0.4, 0.5) is 0 Å². The van der Waals surface area contributed by atoms with E-state index in [1.54, 1.807) is 11.0 Å². The number of hydrogen-bond acceptors (Lipinski definition) is 4. The van der Waals surface area contributed by atoms with Crippen molar-refractivity contribution in [3.8, 4) is 0 Å². The number of benzene rings is 1. The van der Waals surface area contributed by atoms with Crippen molar-refractivity contribution in [3.63, 3.8) is 0 Å². The standard InChI is InChI=1S/C19H25N5O2/c1-14-5-3-4-6-17(14)19(26)23-9-7-16(8-10-23)18(25)22-15(2)11-24-13-20-12-21-24/h3-6,12-13,15-16H,7-11H2,1-2H3,(H,22,25)/t15-/m1/s1. The highest BCUT2D eigenvalue weighted by Gasteiger charge is 2.28. The minimum atomic E-state index is -0.0471. The van der Waals surface area contributed by atoms with Crippen molar-refractivity contribution in [2.75, 3.05) is 13.1 Å². The van der Waals surface area contributed by atoms with E-state index in [1.807, 2.05) is 43.0 Å². The number of nitrogens with zero attached hydrogens (tertiary/aromatic N) is 4. The molecule has 2 heterocycles. The van der Waals surface area contributed by atoms with Gasteiger partial charge >= 0.3 is 0 Å². The van der Waals surface area contributed by atoms with Gasteiger partial charge < -0.3 is 10.2 Å². The molecule has 0 unspecified atom stereocenters. The summed E-state index contributed by atoms with van der Waals surface area (Å²) in [6.45, 7) is 5.72. The summed E-state index contributed by atoms with van der Waals surface area (Å²) >= 11 is 0. The number of nitrogens with one attached hydrogen (secondary N) is 1. The first kappa shape index (κ1) is 18.1. The van der Waals surface area contributed by atoms with Crippen molar-refractivity contribution in [3.05, 3.63) is 48.0 Å². The number of carbonyl (C=O) groups excluding carboxylic acids is 2. The summed E-state index contributed by atoms with van der Waals surface area (Å²) in [6, 6.07) is 7.61. The molecule has 1 aliphatic heterocycles. The third kappa shape index (κ3) is 4.28. The molecule has 0 spiro atoms. The number of likely N-dealkylation sites (tertiary alicyclic amines) is 1. The van der Waals surface area contributed by atoms with Gasteiger partial charge in [0.15, 0.2) is 0 Å². The van der Waals surface area contributed by atoms with E-state index < -0.39 is 0 Å². The Balaban J connectivity index is 1.49. The zero-order valence-electron chi connectivity index (χ0n) is 15.3. The second-order valence-electron chi connectivity index (χ2n) is 6.91. The maximum absolute atomic E-state index is 12.7. The zero-order chi connectivity index (χ0) is 18.5. The number of aromatic nitrogens is 3. The normalized spacial score (nSPS) is 16.3. The molecular formula is C19H25N5O2. The minimum absolute atomic E-state index is 0.0178. The van der Waals surface area contributed by atoms with Crippen LogP contribution in [0.5, 0.6) is 0 Å². The maximum atomic E-state index is 12.7. The average Bonchev–Trinajstić information content (AvgIpc) is 3.14. The van der Waals surface area contributed by atoms with E-state index in [0.29, 0.717) is 32.5 Å². The van der Waals surface area contributed by atoms with Crippen molar-refractivity contribution >= 4 is 11.8 Å². The Morgan fingerprint density at radius 2 is 2.00 bits per heavy atom. The first-order valence-electron chi connectivity index (χ1n) is 9.02. The van der Waals surface area contributed by atoms with Gasteiger partial charge in [0.05, 0.1) is 6.54 Å². The first-order valence-corrected chi connectivity index (χ1v) is 9.02. The molecule has 0 saturated carbocycles. The van der Waals surface area contributed by atoms with Gasteiger partial charge in [-0.3, -0.25) is 14.3 Å². The molecule has 1 aromatic carbocycles. The molecule has 2 amide bonds. The van der Waals surface area contributed by atoms with Crippen molar-refractivity contribution < 1.29 is 9.59 Å². The largest absolute Gasteiger partial charge is 0.352 e. The second-order valence-corrected chi connectivity index (χ2v) is 6.91. The predicted molar refractivity (Wildman–Crippen MR) is 97.4 cm³/mol. The minimum Gasteiger partial charge on any atom is -0.352 e. The average molecular weight is 355 g/mol. The van der Waals surface area contributed by atoms with Gasteiger partial charge in [-0.1, -0.05) is 18.2 Å². The van der Waals surface area contributed by atoms with Crippen molar-refractivity contribution in [1.82, 2.24) is 25.0 Å². The fraction of sp³-hybridized carbons (Fsp3) is 0.474. The summed E-state index contributed by atoms with van der Waals surface area (Å²) in [5.74, 6) is 0.0660. The van der Waals surface area contributed by atoms with Gasteiger partial charge in [-0.25, -0.2) is 4.98 Å². The van der Waals surface area contributed by atoms with Crippen molar-refractivity contribution in [2.24, 2.45) is 5.92 Å². The number of carbonyl (C=O) groups is 2. The molecule has 138 valence electrons. The first-order chi connectivity index (χ1) is 12.5. The predicted octanol–water partition coefficient (Wildman–Crippen LogP) is 1.64. The van der Waals surface area contributed by atoms with E-state index in [0.717, 1.165) is 11.1 Å². The highest BCUT2D eigenvalue weighted by atomic mass is 16.2. The molecule has 26 heavy (non-hydrogen) atoms. The lowest BCUT2D eigenvalue weighted by molar-refractivity contribution is -0.127. The van der Waals surface area contributed by atoms with Crippen LogP contribution in [0.3, 0.4) is 0 Å². The van der Waals surface area contributed by atoms with E-state index >= 15 is 0 Å². The van der Waals surface area contributed by atoms with Crippen LogP contribution in [0.25, 0.3) is 0 Å². The molecule has 1 saturated heterocycles. The van der Waals surface area contributed by atoms with Crippen LogP contribution in [0.15, 0.2) is 36.9 Å². The van der Waals surface area contributed by atoms with Gasteiger partial charge in [0.25, 0.3) is 5.91 Å². The molecule has 1 aliphatic rings. The van der Waals surface area contributed by atoms with Gasteiger partial charge in [0.1, 0.15) is 12.7 Å². The topological polar surface area (TPSA) is 80.1 Å². The van der Waals surface area contributed by atoms with Crippen LogP contribution in [-0.2, 0) is 11.3 Å². The maximum Gasteiger partial charge on any atom is 0.254 e. The molecule has 7 heteroatoms. The Bertz CT molecular complexity index is 751. The van der Waals surface area contributed by atoms with Gasteiger partial charge in [-0.15, -0.1) is 0 Å². The number of aryl methyl sites for hydroxylation is 1. The molecule has 1 aromatic heterocycles. The molecule has 1 atom stereocenters. The highest BCUT2D eigenvalue weighted by Crippen LogP contribution is 2.20. The van der Waals surface area contributed by atoms with Crippen LogP contribution in [0, 0.1) is 12.8 Å². The molecular weight excluding hydrogens is 330 g/mol. The van der Waals surface area contributed by atoms with Gasteiger partial charge in [0.2, 0.25) is 5.91 Å². The molecule has 7 nitrogen and oxygen atoms in total. The van der Waals surface area contributed by atoms with Crippen LogP contribution in [0.2, 0.25) is 0 Å². The second kappa shape index (κ2) is 8.12. The monoisotopic (exact) mass is 355 g/mol. The van der Waals surface area contributed by atoms with Crippen LogP contribution in [-0.4, -0.2) is 50.6 Å². The SMILES string of the molecule is Cc1ccccc1C(=O)N1CCC(C(=O)N[C@H](C)Cn2cncn2)CC1. The smallest absolute Gasteiger partial charge is 0.254 e. The lowest BCUT2D eigenvalue weighted by Gasteiger charge is -2.32. The highest BCUT2D eigenvalue weighted by molar-refractivity contribution is 5.95. The number of piperidine rings is 1. The Morgan fingerprint density at radius 1 is 1.27 bits per heavy atom. The van der Waals surface area contributed by atoms with Gasteiger partial charge in [0, 0.05) is 30.6 Å². The number of hydrogen-bond donors (Lipinski definition) is 1. The molecule has 1 fully saturated rings. The summed E-state index contributed by atoms with van der Waals surface area (Å²) in [4.78, 5) is 30.9. The third-order valence-electron chi connectivity index (χ3n) is 4.84. The van der Waals surface area contributed by atoms with Gasteiger partial charge in [-0.05, 0) is 38.3 Å². The lowest BCUT2D eigenvalue weighted by atomic mass is 9.94. The van der Waals surface area contributed by atoms with Crippen molar-refractivity contribution in [2.45, 2.75) is 39.3 Å². The summed E-state index contributed by atoms with van der Waals surface area (Å²) < 4.78 is 1.70. The Labute approximate surface area is 153 Å². The quantitative estimate of drug-likeness (QED) is 0.884. The van der Waals surface area contributed by atoms with E-state index in [1.165, 1.54) is 6.33 Å². The summed E-state index contributed by atoms with van der Waals surface area (Å²) in [5.41, 5.74) is 1.73. The summed E-state index contributed by atoms with van der Waals surface area (Å²) in [7, 11) is 0.